The van der Waals surface area contributed by atoms with Crippen LogP contribution in [0.3, 0.4) is 0 Å². The molecule has 2 N–H and O–H groups in total. The predicted octanol–water partition coefficient (Wildman–Crippen LogP) is 5.06. The van der Waals surface area contributed by atoms with E-state index in [-0.39, 0.29) is 12.5 Å². The van der Waals surface area contributed by atoms with Crippen LogP contribution in [0.5, 0.6) is 5.75 Å². The quantitative estimate of drug-likeness (QED) is 0.655. The first-order valence-electron chi connectivity index (χ1n) is 8.52. The maximum Gasteiger partial charge on any atom is 0.262 e. The summed E-state index contributed by atoms with van der Waals surface area (Å²) in [4.78, 5) is 12.0. The summed E-state index contributed by atoms with van der Waals surface area (Å²) in [7, 11) is 0. The van der Waals surface area contributed by atoms with Crippen LogP contribution in [0.4, 0.5) is 17.1 Å². The Morgan fingerprint density at radius 2 is 1.46 bits per heavy atom. The Morgan fingerprint density at radius 1 is 0.808 bits per heavy atom. The van der Waals surface area contributed by atoms with Crippen LogP contribution in [0.15, 0.2) is 72.8 Å². The molecule has 3 aromatic rings. The van der Waals surface area contributed by atoms with Crippen molar-refractivity contribution in [2.45, 2.75) is 13.8 Å². The Bertz CT molecular complexity index is 874. The molecule has 3 aromatic carbocycles. The molecule has 0 aromatic heterocycles. The number of hydrogen-bond donors (Lipinski definition) is 2. The number of para-hydroxylation sites is 1. The van der Waals surface area contributed by atoms with Crippen LogP contribution >= 0.6 is 0 Å². The molecule has 0 fully saturated rings. The Kier molecular flexibility index (Phi) is 5.54. The molecule has 0 aliphatic carbocycles. The second-order valence-corrected chi connectivity index (χ2v) is 6.15. The molecule has 0 unspecified atom stereocenters. The van der Waals surface area contributed by atoms with Crippen LogP contribution < -0.4 is 15.4 Å². The molecule has 0 aliphatic rings. The number of hydrogen-bond acceptors (Lipinski definition) is 3. The lowest BCUT2D eigenvalue weighted by Gasteiger charge is -2.10. The summed E-state index contributed by atoms with van der Waals surface area (Å²) in [5.74, 6) is 0.485. The van der Waals surface area contributed by atoms with E-state index in [1.54, 1.807) is 0 Å². The van der Waals surface area contributed by atoms with Crippen molar-refractivity contribution in [3.63, 3.8) is 0 Å². The highest BCUT2D eigenvalue weighted by Crippen LogP contribution is 2.21. The van der Waals surface area contributed by atoms with Crippen molar-refractivity contribution in [1.82, 2.24) is 0 Å². The lowest BCUT2D eigenvalue weighted by Crippen LogP contribution is -2.20. The Balaban J connectivity index is 1.53. The fourth-order valence-corrected chi connectivity index (χ4v) is 2.49. The minimum absolute atomic E-state index is 0.0212. The average molecular weight is 346 g/mol. The third kappa shape index (κ3) is 4.86. The molecule has 0 saturated heterocycles. The first-order valence-corrected chi connectivity index (χ1v) is 8.52. The number of carbonyl (C=O) groups excluding carboxylic acids is 1. The Hall–Kier alpha value is -3.27. The van der Waals surface area contributed by atoms with Crippen molar-refractivity contribution in [3.8, 4) is 5.75 Å². The number of anilines is 3. The fraction of sp³-hybridized carbons (Fsp3) is 0.136. The SMILES string of the molecule is Cc1ccc(Nc2ccc(NC(=O)COc3ccccc3)cc2)cc1C. The number of amides is 1. The largest absolute Gasteiger partial charge is 0.484 e. The van der Waals surface area contributed by atoms with E-state index in [4.69, 9.17) is 4.74 Å². The lowest BCUT2D eigenvalue weighted by molar-refractivity contribution is -0.118. The van der Waals surface area contributed by atoms with E-state index in [0.29, 0.717) is 5.75 Å². The number of carbonyl (C=O) groups is 1. The first-order chi connectivity index (χ1) is 12.6. The van der Waals surface area contributed by atoms with E-state index in [0.717, 1.165) is 17.1 Å². The minimum atomic E-state index is -0.191. The van der Waals surface area contributed by atoms with Crippen molar-refractivity contribution in [1.29, 1.82) is 0 Å². The second kappa shape index (κ2) is 8.21. The van der Waals surface area contributed by atoms with Gasteiger partial charge in [0.15, 0.2) is 6.61 Å². The molecule has 0 saturated carbocycles. The molecule has 0 radical (unpaired) electrons. The third-order valence-electron chi connectivity index (χ3n) is 4.08. The normalized spacial score (nSPS) is 10.2. The summed E-state index contributed by atoms with van der Waals surface area (Å²) in [6.07, 6.45) is 0. The number of aryl methyl sites for hydroxylation is 2. The van der Waals surface area contributed by atoms with E-state index in [2.05, 4.69) is 42.7 Å². The molecule has 3 rings (SSSR count). The van der Waals surface area contributed by atoms with Gasteiger partial charge in [0.1, 0.15) is 5.75 Å². The predicted molar refractivity (Wildman–Crippen MR) is 106 cm³/mol. The number of ether oxygens (including phenoxy) is 1. The van der Waals surface area contributed by atoms with Gasteiger partial charge in [0.05, 0.1) is 0 Å². The number of rotatable bonds is 6. The fourth-order valence-electron chi connectivity index (χ4n) is 2.49. The molecule has 0 atom stereocenters. The molecule has 0 spiro atoms. The summed E-state index contributed by atoms with van der Waals surface area (Å²) in [5, 5.41) is 6.19. The summed E-state index contributed by atoms with van der Waals surface area (Å²) >= 11 is 0. The van der Waals surface area contributed by atoms with E-state index in [1.807, 2.05) is 54.6 Å². The van der Waals surface area contributed by atoms with Gasteiger partial charge in [-0.3, -0.25) is 4.79 Å². The Labute approximate surface area is 153 Å². The third-order valence-corrected chi connectivity index (χ3v) is 4.08. The van der Waals surface area contributed by atoms with Crippen LogP contribution in [-0.4, -0.2) is 12.5 Å². The van der Waals surface area contributed by atoms with Crippen molar-refractivity contribution < 1.29 is 9.53 Å². The highest BCUT2D eigenvalue weighted by atomic mass is 16.5. The zero-order valence-corrected chi connectivity index (χ0v) is 15.0. The number of benzene rings is 3. The molecule has 0 aliphatic heterocycles. The molecule has 132 valence electrons. The molecular formula is C22H22N2O2. The van der Waals surface area contributed by atoms with Gasteiger partial charge in [0.2, 0.25) is 0 Å². The summed E-state index contributed by atoms with van der Waals surface area (Å²) in [5.41, 5.74) is 5.26. The van der Waals surface area contributed by atoms with Crippen LogP contribution in [0.25, 0.3) is 0 Å². The summed E-state index contributed by atoms with van der Waals surface area (Å²) in [6.45, 7) is 4.17. The van der Waals surface area contributed by atoms with E-state index in [9.17, 15) is 4.79 Å². The Morgan fingerprint density at radius 3 is 2.15 bits per heavy atom. The van der Waals surface area contributed by atoms with Gasteiger partial charge in [-0.1, -0.05) is 24.3 Å². The molecule has 26 heavy (non-hydrogen) atoms. The van der Waals surface area contributed by atoms with Crippen molar-refractivity contribution in [2.75, 3.05) is 17.2 Å². The van der Waals surface area contributed by atoms with Gasteiger partial charge in [0, 0.05) is 17.1 Å². The van der Waals surface area contributed by atoms with Gasteiger partial charge in [0.25, 0.3) is 5.91 Å². The van der Waals surface area contributed by atoms with Gasteiger partial charge < -0.3 is 15.4 Å². The van der Waals surface area contributed by atoms with Crippen molar-refractivity contribution in [3.05, 3.63) is 83.9 Å². The van der Waals surface area contributed by atoms with Crippen LogP contribution in [0.2, 0.25) is 0 Å². The minimum Gasteiger partial charge on any atom is -0.484 e. The monoisotopic (exact) mass is 346 g/mol. The van der Waals surface area contributed by atoms with Gasteiger partial charge in [-0.2, -0.15) is 0 Å². The molecule has 1 amide bonds. The van der Waals surface area contributed by atoms with E-state index in [1.165, 1.54) is 11.1 Å². The average Bonchev–Trinajstić information content (AvgIpc) is 2.65. The van der Waals surface area contributed by atoms with Crippen LogP contribution in [0.1, 0.15) is 11.1 Å². The topological polar surface area (TPSA) is 50.4 Å². The maximum atomic E-state index is 12.0. The highest BCUT2D eigenvalue weighted by molar-refractivity contribution is 5.92. The summed E-state index contributed by atoms with van der Waals surface area (Å²) < 4.78 is 5.44. The van der Waals surface area contributed by atoms with Crippen molar-refractivity contribution in [2.24, 2.45) is 0 Å². The summed E-state index contributed by atoms with van der Waals surface area (Å²) in [6, 6.07) is 23.1. The van der Waals surface area contributed by atoms with Gasteiger partial charge in [-0.05, 0) is 73.5 Å². The smallest absolute Gasteiger partial charge is 0.262 e. The van der Waals surface area contributed by atoms with Gasteiger partial charge in [-0.15, -0.1) is 0 Å². The second-order valence-electron chi connectivity index (χ2n) is 6.15. The molecule has 4 nitrogen and oxygen atoms in total. The zero-order chi connectivity index (χ0) is 18.4. The van der Waals surface area contributed by atoms with Crippen LogP contribution in [0, 0.1) is 13.8 Å². The molecule has 0 heterocycles. The highest BCUT2D eigenvalue weighted by Gasteiger charge is 2.04. The maximum absolute atomic E-state index is 12.0. The zero-order valence-electron chi connectivity index (χ0n) is 15.0. The molecule has 4 heteroatoms. The molecule has 0 bridgehead atoms. The first kappa shape index (κ1) is 17.5. The molecular weight excluding hydrogens is 324 g/mol. The van der Waals surface area contributed by atoms with Gasteiger partial charge >= 0.3 is 0 Å². The number of nitrogens with one attached hydrogen (secondary N) is 2. The standard InChI is InChI=1S/C22H22N2O2/c1-16-8-9-20(14-17(16)2)23-18-10-12-19(13-11-18)24-22(25)15-26-21-6-4-3-5-7-21/h3-14,23H,15H2,1-2H3,(H,24,25). The lowest BCUT2D eigenvalue weighted by atomic mass is 10.1. The van der Waals surface area contributed by atoms with E-state index < -0.39 is 0 Å². The van der Waals surface area contributed by atoms with Crippen molar-refractivity contribution >= 4 is 23.0 Å². The van der Waals surface area contributed by atoms with Crippen LogP contribution in [-0.2, 0) is 4.79 Å². The van der Waals surface area contributed by atoms with E-state index >= 15 is 0 Å². The van der Waals surface area contributed by atoms with Gasteiger partial charge in [-0.25, -0.2) is 0 Å².